The van der Waals surface area contributed by atoms with Gasteiger partial charge in [0.25, 0.3) is 0 Å². The Hall–Kier alpha value is -3.24. The Morgan fingerprint density at radius 3 is 1.47 bits per heavy atom. The molecule has 4 heteroatoms. The molecule has 4 nitrogen and oxygen atoms in total. The Kier molecular flexibility index (Phi) is 31.1. The van der Waals surface area contributed by atoms with Crippen LogP contribution < -0.4 is 5.73 Å². The van der Waals surface area contributed by atoms with Crippen LogP contribution in [0.1, 0.15) is 147 Å². The number of rotatable bonds is 0. The van der Waals surface area contributed by atoms with Crippen LogP contribution in [0.2, 0.25) is 0 Å². The molecule has 242 valence electrons. The van der Waals surface area contributed by atoms with Gasteiger partial charge in [0.1, 0.15) is 0 Å². The summed E-state index contributed by atoms with van der Waals surface area (Å²) in [5, 5.41) is 11.8. The molecule has 0 amide bonds. The van der Waals surface area contributed by atoms with Gasteiger partial charge in [0.2, 0.25) is 0 Å². The van der Waals surface area contributed by atoms with Gasteiger partial charge in [0.05, 0.1) is 5.71 Å². The first-order valence-corrected chi connectivity index (χ1v) is 16.9. The molecule has 1 atom stereocenters. The molecule has 0 radical (unpaired) electrons. The number of nitrogens with two attached hydrogens (primary N) is 1. The van der Waals surface area contributed by atoms with Crippen molar-refractivity contribution in [3.63, 3.8) is 0 Å². The van der Waals surface area contributed by atoms with Crippen molar-refractivity contribution in [2.75, 3.05) is 0 Å². The summed E-state index contributed by atoms with van der Waals surface area (Å²) in [5.74, 6) is 0.301. The average Bonchev–Trinajstić information content (AvgIpc) is 3.84. The minimum absolute atomic E-state index is 0.301. The maximum Gasteiger partial charge on any atom is 0.163 e. The highest BCUT2D eigenvalue weighted by atomic mass is 16.4. The molecule has 0 aromatic heterocycles. The van der Waals surface area contributed by atoms with Crippen molar-refractivity contribution < 1.29 is 10.0 Å². The van der Waals surface area contributed by atoms with Gasteiger partial charge in [-0.3, -0.25) is 4.79 Å². The van der Waals surface area contributed by atoms with E-state index in [0.29, 0.717) is 18.2 Å². The van der Waals surface area contributed by atoms with Gasteiger partial charge in [-0.2, -0.15) is 0 Å². The molecule has 3 aliphatic carbocycles. The van der Waals surface area contributed by atoms with Crippen LogP contribution in [0.5, 0.6) is 0 Å². The molecule has 43 heavy (non-hydrogen) atoms. The third-order valence-corrected chi connectivity index (χ3v) is 6.20. The number of Topliss-reactive ketones (excluding diaryl/α,β-unsaturated/α-hetero) is 1. The van der Waals surface area contributed by atoms with Gasteiger partial charge >= 0.3 is 0 Å². The molecule has 0 fully saturated rings. The molecule has 3 aromatic rings. The molecule has 0 heterocycles. The van der Waals surface area contributed by atoms with Crippen molar-refractivity contribution in [1.82, 2.24) is 0 Å². The van der Waals surface area contributed by atoms with E-state index >= 15 is 0 Å². The Labute approximate surface area is 265 Å². The lowest BCUT2D eigenvalue weighted by Gasteiger charge is -2.01. The van der Waals surface area contributed by atoms with Crippen molar-refractivity contribution in [3.8, 4) is 0 Å². The van der Waals surface area contributed by atoms with Gasteiger partial charge < -0.3 is 10.9 Å². The minimum atomic E-state index is 0.301. The smallest absolute Gasteiger partial charge is 0.163 e. The summed E-state index contributed by atoms with van der Waals surface area (Å²) in [4.78, 5) is 11.1. The van der Waals surface area contributed by atoms with Crippen molar-refractivity contribution in [2.45, 2.75) is 128 Å². The largest absolute Gasteiger partial charge is 0.411 e. The zero-order valence-corrected chi connectivity index (χ0v) is 29.6. The summed E-state index contributed by atoms with van der Waals surface area (Å²) < 4.78 is 0. The summed E-state index contributed by atoms with van der Waals surface area (Å²) in [6, 6.07) is 24.6. The van der Waals surface area contributed by atoms with E-state index in [1.807, 2.05) is 126 Å². The molecular formula is C39H64N2O2. The monoisotopic (exact) mass is 592 g/mol. The molecule has 3 aliphatic rings. The Morgan fingerprint density at radius 2 is 0.977 bits per heavy atom. The molecule has 3 N–H and O–H groups in total. The highest BCUT2D eigenvalue weighted by Gasteiger charge is 2.18. The summed E-state index contributed by atoms with van der Waals surface area (Å²) in [7, 11) is 0. The second-order valence-electron chi connectivity index (χ2n) is 8.13. The molecule has 6 rings (SSSR count). The number of fused-ring (bicyclic) bond motifs is 3. The predicted molar refractivity (Wildman–Crippen MR) is 192 cm³/mol. The van der Waals surface area contributed by atoms with E-state index in [-0.39, 0.29) is 0 Å². The quantitative estimate of drug-likeness (QED) is 0.201. The van der Waals surface area contributed by atoms with Crippen molar-refractivity contribution >= 4 is 11.5 Å². The summed E-state index contributed by atoms with van der Waals surface area (Å²) >= 11 is 0. The number of oxime groups is 1. The van der Waals surface area contributed by atoms with Crippen molar-refractivity contribution in [2.24, 2.45) is 10.9 Å². The first-order chi connectivity index (χ1) is 21.2. The van der Waals surface area contributed by atoms with Crippen molar-refractivity contribution in [1.29, 1.82) is 0 Å². The fourth-order valence-corrected chi connectivity index (χ4v) is 4.49. The number of carbonyl (C=O) groups is 1. The molecule has 0 saturated carbocycles. The predicted octanol–water partition coefficient (Wildman–Crippen LogP) is 11.4. The number of hydrogen-bond donors (Lipinski definition) is 2. The van der Waals surface area contributed by atoms with Gasteiger partial charge in [-0.05, 0) is 54.4 Å². The molecule has 1 unspecified atom stereocenters. The standard InChI is InChI=1S/C9H9NO.C9H11N.C9H8O.6C2H6/c11-10-9-6-5-7-3-1-2-4-8(7)9;2*10-9-6-5-7-3-1-2-4-8(7)9;6*1-2/h1-4,11H,5-6H2;1-4,9H,5-6,10H2;1-4H,5-6H2;6*1-2H3/b10-9+;;;;;;;;. The second kappa shape index (κ2) is 30.2. The normalized spacial score (nSPS) is 14.5. The fourth-order valence-electron chi connectivity index (χ4n) is 4.49. The van der Waals surface area contributed by atoms with E-state index in [4.69, 9.17) is 10.9 Å². The minimum Gasteiger partial charge on any atom is -0.411 e. The van der Waals surface area contributed by atoms with Gasteiger partial charge in [-0.15, -0.1) is 0 Å². The zero-order valence-electron chi connectivity index (χ0n) is 29.6. The Balaban J connectivity index is -0.000000475. The van der Waals surface area contributed by atoms with E-state index < -0.39 is 0 Å². The van der Waals surface area contributed by atoms with Crippen LogP contribution in [0.15, 0.2) is 78.0 Å². The van der Waals surface area contributed by atoms with Crippen LogP contribution in [0.25, 0.3) is 0 Å². The number of nitrogens with zero attached hydrogens (tertiary/aromatic N) is 1. The van der Waals surface area contributed by atoms with E-state index in [1.165, 1.54) is 22.3 Å². The number of carbonyl (C=O) groups excluding carboxylic acids is 1. The zero-order chi connectivity index (χ0) is 33.6. The van der Waals surface area contributed by atoms with E-state index in [1.54, 1.807) is 0 Å². The van der Waals surface area contributed by atoms with Crippen molar-refractivity contribution in [3.05, 3.63) is 106 Å². The molecule has 0 aliphatic heterocycles. The lowest BCUT2D eigenvalue weighted by atomic mass is 10.1. The van der Waals surface area contributed by atoms with Gasteiger partial charge in [0, 0.05) is 23.6 Å². The van der Waals surface area contributed by atoms with Crippen LogP contribution in [0.4, 0.5) is 0 Å². The van der Waals surface area contributed by atoms with E-state index in [0.717, 1.165) is 48.9 Å². The third kappa shape index (κ3) is 15.2. The maximum atomic E-state index is 11.1. The summed E-state index contributed by atoms with van der Waals surface area (Å²) in [6.07, 6.45) is 5.82. The van der Waals surface area contributed by atoms with Crippen LogP contribution in [0.3, 0.4) is 0 Å². The molecule has 3 aromatic carbocycles. The SMILES string of the molecule is CC.CC.CC.CC.CC.CC.NC1CCc2ccccc21.O/N=C1\CCc2ccccc21.O=C1CCc2ccccc21. The second-order valence-corrected chi connectivity index (χ2v) is 8.13. The fraction of sp³-hybridized carbons (Fsp3) is 0.487. The van der Waals surface area contributed by atoms with E-state index in [2.05, 4.69) is 35.5 Å². The Morgan fingerprint density at radius 1 is 0.558 bits per heavy atom. The molecule has 0 spiro atoms. The first-order valence-electron chi connectivity index (χ1n) is 16.9. The molecule has 0 saturated heterocycles. The third-order valence-electron chi connectivity index (χ3n) is 6.20. The molecular weight excluding hydrogens is 528 g/mol. The topological polar surface area (TPSA) is 75.7 Å². The number of benzene rings is 3. The van der Waals surface area contributed by atoms with Crippen LogP contribution in [-0.2, 0) is 19.3 Å². The van der Waals surface area contributed by atoms with Gasteiger partial charge in [0.15, 0.2) is 5.78 Å². The lowest BCUT2D eigenvalue weighted by molar-refractivity contribution is 0.0994. The summed E-state index contributed by atoms with van der Waals surface area (Å²) in [6.45, 7) is 24.0. The summed E-state index contributed by atoms with van der Waals surface area (Å²) in [5.41, 5.74) is 14.0. The van der Waals surface area contributed by atoms with Gasteiger partial charge in [-0.25, -0.2) is 0 Å². The Bertz CT molecular complexity index is 1110. The number of aryl methyl sites for hydroxylation is 3. The number of hydrogen-bond acceptors (Lipinski definition) is 4. The average molecular weight is 593 g/mol. The highest BCUT2D eigenvalue weighted by molar-refractivity contribution is 6.04. The lowest BCUT2D eigenvalue weighted by Crippen LogP contribution is -2.04. The van der Waals surface area contributed by atoms with Crippen LogP contribution >= 0.6 is 0 Å². The van der Waals surface area contributed by atoms with Gasteiger partial charge in [-0.1, -0.05) is 161 Å². The number of ketones is 1. The van der Waals surface area contributed by atoms with Crippen LogP contribution in [0, 0.1) is 0 Å². The molecule has 0 bridgehead atoms. The highest BCUT2D eigenvalue weighted by Crippen LogP contribution is 2.28. The first kappa shape index (κ1) is 44.2. The maximum absolute atomic E-state index is 11.1. The van der Waals surface area contributed by atoms with E-state index in [9.17, 15) is 4.79 Å². The van der Waals surface area contributed by atoms with Crippen LogP contribution in [-0.4, -0.2) is 16.7 Å².